The first kappa shape index (κ1) is 13.2. The van der Waals surface area contributed by atoms with Crippen LogP contribution in [0.15, 0.2) is 35.5 Å². The van der Waals surface area contributed by atoms with Gasteiger partial charge in [0.1, 0.15) is 0 Å². The summed E-state index contributed by atoms with van der Waals surface area (Å²) in [6.07, 6.45) is 11.3. The molecule has 0 fully saturated rings. The van der Waals surface area contributed by atoms with Crippen LogP contribution in [0.2, 0.25) is 0 Å². The van der Waals surface area contributed by atoms with Gasteiger partial charge in [0.15, 0.2) is 0 Å². The summed E-state index contributed by atoms with van der Waals surface area (Å²) in [4.78, 5) is 0. The fourth-order valence-corrected chi connectivity index (χ4v) is 1.11. The molecule has 0 atom stereocenters. The van der Waals surface area contributed by atoms with E-state index in [9.17, 15) is 0 Å². The first-order valence-corrected chi connectivity index (χ1v) is 5.49. The fraction of sp³-hybridized carbons (Fsp3) is 0.571. The van der Waals surface area contributed by atoms with Crippen LogP contribution in [0.1, 0.15) is 47.5 Å². The van der Waals surface area contributed by atoms with E-state index in [2.05, 4.69) is 58.9 Å². The van der Waals surface area contributed by atoms with Crippen LogP contribution in [-0.2, 0) is 0 Å². The van der Waals surface area contributed by atoms with Crippen molar-refractivity contribution in [2.75, 3.05) is 0 Å². The molecular weight excluding hydrogens is 168 g/mol. The Bertz CT molecular complexity index is 222. The topological polar surface area (TPSA) is 0 Å². The van der Waals surface area contributed by atoms with Gasteiger partial charge in [0.05, 0.1) is 0 Å². The quantitative estimate of drug-likeness (QED) is 0.429. The van der Waals surface area contributed by atoms with Gasteiger partial charge in [-0.15, -0.1) is 0 Å². The molecule has 0 saturated heterocycles. The standard InChI is InChI=1S/C14H24/c1-12(2)8-6-10-14(5)11-7-9-13(3)4/h6,8-10,12H,7,11H2,1-5H3. The van der Waals surface area contributed by atoms with Gasteiger partial charge in [-0.2, -0.15) is 0 Å². The molecule has 0 nitrogen and oxygen atoms in total. The maximum absolute atomic E-state index is 2.30. The summed E-state index contributed by atoms with van der Waals surface area (Å²) in [6, 6.07) is 0. The van der Waals surface area contributed by atoms with Gasteiger partial charge < -0.3 is 0 Å². The highest BCUT2D eigenvalue weighted by Gasteiger charge is 1.87. The molecule has 0 unspecified atom stereocenters. The van der Waals surface area contributed by atoms with Gasteiger partial charge in [0.25, 0.3) is 0 Å². The molecule has 0 spiro atoms. The van der Waals surface area contributed by atoms with Crippen molar-refractivity contribution in [3.8, 4) is 0 Å². The Kier molecular flexibility index (Phi) is 7.18. The van der Waals surface area contributed by atoms with Crippen molar-refractivity contribution in [2.24, 2.45) is 5.92 Å². The highest BCUT2D eigenvalue weighted by Crippen LogP contribution is 2.07. The average molecular weight is 192 g/mol. The van der Waals surface area contributed by atoms with Crippen molar-refractivity contribution in [2.45, 2.75) is 47.5 Å². The van der Waals surface area contributed by atoms with Crippen molar-refractivity contribution < 1.29 is 0 Å². The van der Waals surface area contributed by atoms with Crippen LogP contribution in [-0.4, -0.2) is 0 Å². The molecular formula is C14H24. The third-order valence-electron chi connectivity index (χ3n) is 1.97. The molecule has 0 aliphatic rings. The van der Waals surface area contributed by atoms with Gasteiger partial charge >= 0.3 is 0 Å². The van der Waals surface area contributed by atoms with Crippen molar-refractivity contribution in [3.63, 3.8) is 0 Å². The van der Waals surface area contributed by atoms with E-state index >= 15 is 0 Å². The normalized spacial score (nSPS) is 12.6. The number of hydrogen-bond donors (Lipinski definition) is 0. The molecule has 0 aromatic carbocycles. The SMILES string of the molecule is CC(C)=CCCC(C)=CC=CC(C)C. The molecule has 0 aliphatic heterocycles. The van der Waals surface area contributed by atoms with Crippen molar-refractivity contribution in [1.82, 2.24) is 0 Å². The first-order valence-electron chi connectivity index (χ1n) is 5.49. The molecule has 14 heavy (non-hydrogen) atoms. The van der Waals surface area contributed by atoms with E-state index in [4.69, 9.17) is 0 Å². The molecule has 80 valence electrons. The first-order chi connectivity index (χ1) is 6.52. The molecule has 0 saturated carbocycles. The van der Waals surface area contributed by atoms with E-state index in [-0.39, 0.29) is 0 Å². The Balaban J connectivity index is 3.84. The largest absolute Gasteiger partial charge is 0.0856 e. The molecule has 0 rings (SSSR count). The van der Waals surface area contributed by atoms with Crippen molar-refractivity contribution in [1.29, 1.82) is 0 Å². The second-order valence-corrected chi connectivity index (χ2v) is 4.46. The predicted octanol–water partition coefficient (Wildman–Crippen LogP) is 4.89. The lowest BCUT2D eigenvalue weighted by atomic mass is 10.1. The molecule has 0 radical (unpaired) electrons. The van der Waals surface area contributed by atoms with E-state index in [1.54, 1.807) is 0 Å². The molecule has 0 amide bonds. The van der Waals surface area contributed by atoms with Crippen LogP contribution >= 0.6 is 0 Å². The van der Waals surface area contributed by atoms with Gasteiger partial charge in [0, 0.05) is 0 Å². The Morgan fingerprint density at radius 3 is 2.29 bits per heavy atom. The van der Waals surface area contributed by atoms with Gasteiger partial charge in [-0.3, -0.25) is 0 Å². The lowest BCUT2D eigenvalue weighted by Crippen LogP contribution is -1.78. The fourth-order valence-electron chi connectivity index (χ4n) is 1.11. The zero-order chi connectivity index (χ0) is 11.0. The molecule has 0 N–H and O–H groups in total. The summed E-state index contributed by atoms with van der Waals surface area (Å²) in [5.74, 6) is 0.650. The Hall–Kier alpha value is -0.780. The van der Waals surface area contributed by atoms with Crippen molar-refractivity contribution in [3.05, 3.63) is 35.5 Å². The van der Waals surface area contributed by atoms with Crippen LogP contribution in [0.3, 0.4) is 0 Å². The minimum atomic E-state index is 0.650. The summed E-state index contributed by atoms with van der Waals surface area (Å²) in [7, 11) is 0. The lowest BCUT2D eigenvalue weighted by Gasteiger charge is -1.97. The Labute approximate surface area is 89.4 Å². The van der Waals surface area contributed by atoms with E-state index in [1.165, 1.54) is 24.0 Å². The highest BCUT2D eigenvalue weighted by molar-refractivity contribution is 5.11. The zero-order valence-corrected chi connectivity index (χ0v) is 10.3. The van der Waals surface area contributed by atoms with Gasteiger partial charge in [-0.25, -0.2) is 0 Å². The lowest BCUT2D eigenvalue weighted by molar-refractivity contribution is 0.831. The molecule has 0 heteroatoms. The second kappa shape index (κ2) is 7.61. The summed E-state index contributed by atoms with van der Waals surface area (Å²) >= 11 is 0. The van der Waals surface area contributed by atoms with Crippen LogP contribution in [0.4, 0.5) is 0 Å². The van der Waals surface area contributed by atoms with E-state index < -0.39 is 0 Å². The molecule has 0 aromatic heterocycles. The van der Waals surface area contributed by atoms with E-state index in [1.807, 2.05) is 0 Å². The number of allylic oxidation sites excluding steroid dienone is 6. The molecule has 0 bridgehead atoms. The second-order valence-electron chi connectivity index (χ2n) is 4.46. The third-order valence-corrected chi connectivity index (χ3v) is 1.97. The van der Waals surface area contributed by atoms with E-state index in [0.717, 1.165) is 0 Å². The summed E-state index contributed by atoms with van der Waals surface area (Å²) in [5.41, 5.74) is 2.87. The number of rotatable bonds is 5. The smallest absolute Gasteiger partial charge is 0.0285 e. The average Bonchev–Trinajstić information content (AvgIpc) is 2.02. The molecule has 0 heterocycles. The minimum absolute atomic E-state index is 0.650. The van der Waals surface area contributed by atoms with Crippen LogP contribution in [0.5, 0.6) is 0 Å². The molecule has 0 aliphatic carbocycles. The zero-order valence-electron chi connectivity index (χ0n) is 10.3. The monoisotopic (exact) mass is 192 g/mol. The number of hydrogen-bond acceptors (Lipinski definition) is 0. The maximum Gasteiger partial charge on any atom is -0.0285 e. The molecule has 0 aromatic rings. The van der Waals surface area contributed by atoms with Crippen molar-refractivity contribution >= 4 is 0 Å². The Morgan fingerprint density at radius 2 is 1.79 bits per heavy atom. The predicted molar refractivity (Wildman–Crippen MR) is 66.4 cm³/mol. The minimum Gasteiger partial charge on any atom is -0.0856 e. The Morgan fingerprint density at radius 1 is 1.14 bits per heavy atom. The van der Waals surface area contributed by atoms with Gasteiger partial charge in [-0.1, -0.05) is 49.3 Å². The van der Waals surface area contributed by atoms with Crippen LogP contribution in [0.25, 0.3) is 0 Å². The van der Waals surface area contributed by atoms with Crippen LogP contribution < -0.4 is 0 Å². The van der Waals surface area contributed by atoms with Gasteiger partial charge in [0.2, 0.25) is 0 Å². The highest BCUT2D eigenvalue weighted by atomic mass is 13.9. The third kappa shape index (κ3) is 9.31. The van der Waals surface area contributed by atoms with Crippen LogP contribution in [0, 0.1) is 5.92 Å². The summed E-state index contributed by atoms with van der Waals surface area (Å²) < 4.78 is 0. The van der Waals surface area contributed by atoms with Gasteiger partial charge in [-0.05, 0) is 39.5 Å². The maximum atomic E-state index is 2.30. The summed E-state index contributed by atoms with van der Waals surface area (Å²) in [6.45, 7) is 10.9. The summed E-state index contributed by atoms with van der Waals surface area (Å²) in [5, 5.41) is 0. The van der Waals surface area contributed by atoms with E-state index in [0.29, 0.717) is 5.92 Å².